The van der Waals surface area contributed by atoms with Gasteiger partial charge < -0.3 is 10.2 Å². The van der Waals surface area contributed by atoms with Gasteiger partial charge in [-0.1, -0.05) is 54.5 Å². The predicted octanol–water partition coefficient (Wildman–Crippen LogP) is 4.94. The number of nitrogens with zero attached hydrogens (tertiary/aromatic N) is 1. The van der Waals surface area contributed by atoms with Gasteiger partial charge >= 0.3 is 0 Å². The van der Waals surface area contributed by atoms with E-state index < -0.39 is 0 Å². The number of terminal acetylenes is 1. The summed E-state index contributed by atoms with van der Waals surface area (Å²) in [7, 11) is 1.89. The third-order valence-electron chi connectivity index (χ3n) is 4.33. The fourth-order valence-corrected chi connectivity index (χ4v) is 2.96. The fraction of sp³-hybridized carbons (Fsp3) is 0.130. The van der Waals surface area contributed by atoms with Crippen LogP contribution in [0.2, 0.25) is 0 Å². The average Bonchev–Trinajstić information content (AvgIpc) is 2.63. The van der Waals surface area contributed by atoms with E-state index in [9.17, 15) is 0 Å². The molecule has 0 fully saturated rings. The number of hydrogen-bond acceptors (Lipinski definition) is 2. The molecule has 25 heavy (non-hydrogen) atoms. The standard InChI is InChI=1S/C23H22N2/c1-5-20-11-12-21(14-23(20)24-4)22-10-9-18(3)25(16-22)15-19-8-6-7-17(2)13-19/h1,6-14,16,24H,3,15H2,2,4H3. The molecule has 2 aromatic carbocycles. The molecule has 1 aliphatic rings. The van der Waals surface area contributed by atoms with Gasteiger partial charge in [0.2, 0.25) is 0 Å². The molecule has 0 saturated carbocycles. The van der Waals surface area contributed by atoms with Gasteiger partial charge in [-0.05, 0) is 41.8 Å². The average molecular weight is 326 g/mol. The summed E-state index contributed by atoms with van der Waals surface area (Å²) < 4.78 is 0. The van der Waals surface area contributed by atoms with E-state index in [1.54, 1.807) is 0 Å². The number of aryl methyl sites for hydroxylation is 1. The first-order chi connectivity index (χ1) is 12.1. The molecule has 1 heterocycles. The zero-order valence-corrected chi connectivity index (χ0v) is 14.7. The lowest BCUT2D eigenvalue weighted by Gasteiger charge is -2.26. The Hall–Kier alpha value is -3.18. The second-order valence-corrected chi connectivity index (χ2v) is 6.18. The highest BCUT2D eigenvalue weighted by Crippen LogP contribution is 2.28. The summed E-state index contributed by atoms with van der Waals surface area (Å²) in [4.78, 5) is 2.18. The van der Waals surface area contributed by atoms with E-state index in [2.05, 4.69) is 84.4 Å². The van der Waals surface area contributed by atoms with Crippen molar-refractivity contribution in [1.29, 1.82) is 0 Å². The van der Waals surface area contributed by atoms with Crippen molar-refractivity contribution in [3.05, 3.63) is 95.3 Å². The maximum absolute atomic E-state index is 5.55. The highest BCUT2D eigenvalue weighted by Gasteiger charge is 2.12. The molecule has 1 aliphatic heterocycles. The van der Waals surface area contributed by atoms with E-state index in [1.807, 2.05) is 13.1 Å². The maximum atomic E-state index is 5.55. The molecule has 3 rings (SSSR count). The van der Waals surface area contributed by atoms with E-state index in [0.717, 1.165) is 34.6 Å². The Morgan fingerprint density at radius 3 is 2.72 bits per heavy atom. The molecule has 124 valence electrons. The van der Waals surface area contributed by atoms with Gasteiger partial charge in [0.05, 0.1) is 5.69 Å². The first-order valence-electron chi connectivity index (χ1n) is 8.30. The third-order valence-corrected chi connectivity index (χ3v) is 4.33. The summed E-state index contributed by atoms with van der Waals surface area (Å²) in [6.07, 6.45) is 11.9. The normalized spacial score (nSPS) is 13.4. The first kappa shape index (κ1) is 16.7. The lowest BCUT2D eigenvalue weighted by atomic mass is 10.0. The van der Waals surface area contributed by atoms with Crippen LogP contribution in [0.1, 0.15) is 22.3 Å². The van der Waals surface area contributed by atoms with Crippen LogP contribution in [0.5, 0.6) is 0 Å². The van der Waals surface area contributed by atoms with Crippen LogP contribution in [0.25, 0.3) is 5.57 Å². The van der Waals surface area contributed by atoms with E-state index in [0.29, 0.717) is 0 Å². The molecular formula is C23H22N2. The molecule has 0 aromatic heterocycles. The highest BCUT2D eigenvalue weighted by molar-refractivity contribution is 5.79. The number of benzene rings is 2. The molecule has 0 atom stereocenters. The van der Waals surface area contributed by atoms with Crippen LogP contribution in [-0.2, 0) is 6.54 Å². The van der Waals surface area contributed by atoms with E-state index in [4.69, 9.17) is 6.42 Å². The Kier molecular flexibility index (Phi) is 4.77. The Balaban J connectivity index is 1.90. The van der Waals surface area contributed by atoms with Crippen LogP contribution in [0.15, 0.2) is 73.1 Å². The van der Waals surface area contributed by atoms with Crippen LogP contribution < -0.4 is 5.32 Å². The summed E-state index contributed by atoms with van der Waals surface area (Å²) in [5.41, 5.74) is 7.62. The topological polar surface area (TPSA) is 15.3 Å². The van der Waals surface area contributed by atoms with Crippen molar-refractivity contribution in [1.82, 2.24) is 4.90 Å². The lowest BCUT2D eigenvalue weighted by molar-refractivity contribution is 0.474. The van der Waals surface area contributed by atoms with E-state index >= 15 is 0 Å². The lowest BCUT2D eigenvalue weighted by Crippen LogP contribution is -2.17. The highest BCUT2D eigenvalue weighted by atomic mass is 15.1. The molecule has 0 bridgehead atoms. The maximum Gasteiger partial charge on any atom is 0.0502 e. The zero-order valence-electron chi connectivity index (χ0n) is 14.7. The SMILES string of the molecule is C#Cc1ccc(C2=CN(Cc3cccc(C)c3)C(=C)C=C2)cc1NC. The van der Waals surface area contributed by atoms with Crippen molar-refractivity contribution in [2.75, 3.05) is 12.4 Å². The van der Waals surface area contributed by atoms with Crippen LogP contribution in [-0.4, -0.2) is 11.9 Å². The summed E-state index contributed by atoms with van der Waals surface area (Å²) in [5.74, 6) is 2.71. The van der Waals surface area contributed by atoms with Gasteiger partial charge in [0.25, 0.3) is 0 Å². The van der Waals surface area contributed by atoms with Crippen molar-refractivity contribution < 1.29 is 0 Å². The van der Waals surface area contributed by atoms with Crippen LogP contribution in [0.3, 0.4) is 0 Å². The second-order valence-electron chi connectivity index (χ2n) is 6.18. The summed E-state index contributed by atoms with van der Waals surface area (Å²) in [5, 5.41) is 3.17. The Labute approximate surface area is 150 Å². The van der Waals surface area contributed by atoms with Gasteiger partial charge in [-0.25, -0.2) is 0 Å². The molecule has 2 aromatic rings. The number of nitrogens with one attached hydrogen (secondary N) is 1. The number of anilines is 1. The van der Waals surface area contributed by atoms with Gasteiger partial charge in [0.15, 0.2) is 0 Å². The minimum Gasteiger partial charge on any atom is -0.387 e. The van der Waals surface area contributed by atoms with Crippen molar-refractivity contribution >= 4 is 11.3 Å². The number of hydrogen-bond donors (Lipinski definition) is 1. The van der Waals surface area contributed by atoms with Crippen LogP contribution in [0.4, 0.5) is 5.69 Å². The molecule has 0 aliphatic carbocycles. The largest absolute Gasteiger partial charge is 0.387 e. The second kappa shape index (κ2) is 7.15. The fourth-order valence-electron chi connectivity index (χ4n) is 2.96. The van der Waals surface area contributed by atoms with Gasteiger partial charge in [0.1, 0.15) is 0 Å². The molecule has 0 saturated heterocycles. The molecule has 0 spiro atoms. The summed E-state index contributed by atoms with van der Waals surface area (Å²) in [6.45, 7) is 7.07. The summed E-state index contributed by atoms with van der Waals surface area (Å²) >= 11 is 0. The monoisotopic (exact) mass is 326 g/mol. The smallest absolute Gasteiger partial charge is 0.0502 e. The van der Waals surface area contributed by atoms with Crippen LogP contribution >= 0.6 is 0 Å². The van der Waals surface area contributed by atoms with Gasteiger partial charge in [-0.3, -0.25) is 0 Å². The molecule has 0 unspecified atom stereocenters. The quantitative estimate of drug-likeness (QED) is 0.800. The van der Waals surface area contributed by atoms with Gasteiger partial charge in [-0.15, -0.1) is 6.42 Å². The van der Waals surface area contributed by atoms with Crippen molar-refractivity contribution in [3.63, 3.8) is 0 Å². The van der Waals surface area contributed by atoms with Crippen molar-refractivity contribution in [2.45, 2.75) is 13.5 Å². The first-order valence-corrected chi connectivity index (χ1v) is 8.30. The molecule has 1 N–H and O–H groups in total. The molecule has 2 nitrogen and oxygen atoms in total. The predicted molar refractivity (Wildman–Crippen MR) is 107 cm³/mol. The minimum absolute atomic E-state index is 0.801. The van der Waals surface area contributed by atoms with Gasteiger partial charge in [-0.2, -0.15) is 0 Å². The Morgan fingerprint density at radius 1 is 1.16 bits per heavy atom. The van der Waals surface area contributed by atoms with Crippen molar-refractivity contribution in [2.24, 2.45) is 0 Å². The Morgan fingerprint density at radius 2 is 2.00 bits per heavy atom. The number of allylic oxidation sites excluding steroid dienone is 3. The Bertz CT molecular complexity index is 910. The summed E-state index contributed by atoms with van der Waals surface area (Å²) in [6, 6.07) is 14.7. The molecule has 0 radical (unpaired) electrons. The van der Waals surface area contributed by atoms with E-state index in [1.165, 1.54) is 11.1 Å². The third kappa shape index (κ3) is 3.67. The van der Waals surface area contributed by atoms with Crippen molar-refractivity contribution in [3.8, 4) is 12.3 Å². The van der Waals surface area contributed by atoms with Gasteiger partial charge in [0, 0.05) is 31.1 Å². The molecule has 0 amide bonds. The molecule has 2 heteroatoms. The van der Waals surface area contributed by atoms with Crippen LogP contribution in [0, 0.1) is 19.3 Å². The molecular weight excluding hydrogens is 304 g/mol. The number of rotatable bonds is 4. The van der Waals surface area contributed by atoms with E-state index in [-0.39, 0.29) is 0 Å². The minimum atomic E-state index is 0.801. The zero-order chi connectivity index (χ0) is 17.8.